The summed E-state index contributed by atoms with van der Waals surface area (Å²) in [5, 5.41) is 9.90. The number of nitrogens with zero attached hydrogens (tertiary/aromatic N) is 2. The Bertz CT molecular complexity index is 1610. The van der Waals surface area contributed by atoms with Crippen LogP contribution in [0.4, 0.5) is 13.2 Å². The molecule has 0 bridgehead atoms. The van der Waals surface area contributed by atoms with Crippen molar-refractivity contribution >= 4 is 11.8 Å². The number of aryl methyl sites for hydroxylation is 1. The molecule has 1 aliphatic carbocycles. The zero-order chi connectivity index (χ0) is 29.3. The van der Waals surface area contributed by atoms with E-state index in [2.05, 4.69) is 22.3 Å². The minimum atomic E-state index is -1.89. The molecule has 1 aliphatic rings. The molecule has 41 heavy (non-hydrogen) atoms. The number of aromatic nitrogens is 2. The molecule has 0 saturated heterocycles. The third kappa shape index (κ3) is 5.39. The molecule has 210 valence electrons. The number of rotatable bonds is 9. The molecule has 9 heteroatoms. The van der Waals surface area contributed by atoms with Crippen LogP contribution in [0.3, 0.4) is 0 Å². The maximum Gasteiger partial charge on any atom is 0.255 e. The van der Waals surface area contributed by atoms with E-state index in [0.717, 1.165) is 30.5 Å². The van der Waals surface area contributed by atoms with Crippen LogP contribution < -0.4 is 10.6 Å². The van der Waals surface area contributed by atoms with Crippen LogP contribution in [0, 0.1) is 11.6 Å². The first-order chi connectivity index (χ1) is 19.7. The Kier molecular flexibility index (Phi) is 7.53. The van der Waals surface area contributed by atoms with E-state index in [1.165, 1.54) is 55.2 Å². The van der Waals surface area contributed by atoms with Crippen molar-refractivity contribution in [2.75, 3.05) is 7.05 Å². The summed E-state index contributed by atoms with van der Waals surface area (Å²) in [5.41, 5.74) is 1.17. The Labute approximate surface area is 235 Å². The van der Waals surface area contributed by atoms with Crippen molar-refractivity contribution in [1.29, 1.82) is 0 Å². The van der Waals surface area contributed by atoms with Gasteiger partial charge in [0.2, 0.25) is 0 Å². The number of hydrogen-bond donors (Lipinski definition) is 2. The minimum Gasteiger partial charge on any atom is -0.355 e. The van der Waals surface area contributed by atoms with Gasteiger partial charge in [-0.3, -0.25) is 14.3 Å². The van der Waals surface area contributed by atoms with Gasteiger partial charge in [-0.05, 0) is 66.4 Å². The zero-order valence-corrected chi connectivity index (χ0v) is 22.6. The molecule has 1 saturated carbocycles. The molecule has 4 aromatic rings. The SMILES string of the molecule is C=CC(c1cc(F)cc(C(=O)NC2(c3ccccc3)CC2)c1)C(F)c1c(C(=O)NC)c(-c2ccc(F)cc2)nn1C. The maximum absolute atomic E-state index is 16.5. The topological polar surface area (TPSA) is 76.0 Å². The Morgan fingerprint density at radius 1 is 1.00 bits per heavy atom. The van der Waals surface area contributed by atoms with Crippen LogP contribution in [0.15, 0.2) is 85.5 Å². The van der Waals surface area contributed by atoms with Crippen LogP contribution in [0.2, 0.25) is 0 Å². The van der Waals surface area contributed by atoms with E-state index < -0.39 is 41.1 Å². The first kappa shape index (κ1) is 27.9. The Morgan fingerprint density at radius 3 is 2.29 bits per heavy atom. The van der Waals surface area contributed by atoms with Crippen LogP contribution in [0.1, 0.15) is 62.5 Å². The molecule has 1 heterocycles. The van der Waals surface area contributed by atoms with Gasteiger partial charge >= 0.3 is 0 Å². The highest BCUT2D eigenvalue weighted by Crippen LogP contribution is 2.46. The van der Waals surface area contributed by atoms with E-state index in [1.54, 1.807) is 0 Å². The summed E-state index contributed by atoms with van der Waals surface area (Å²) in [6.07, 6.45) is 0.937. The van der Waals surface area contributed by atoms with Gasteiger partial charge < -0.3 is 10.6 Å². The summed E-state index contributed by atoms with van der Waals surface area (Å²) in [6, 6.07) is 18.6. The minimum absolute atomic E-state index is 0.0335. The van der Waals surface area contributed by atoms with E-state index in [4.69, 9.17) is 0 Å². The van der Waals surface area contributed by atoms with Gasteiger partial charge in [-0.25, -0.2) is 13.2 Å². The third-order valence-electron chi connectivity index (χ3n) is 7.49. The summed E-state index contributed by atoms with van der Waals surface area (Å²) in [5.74, 6) is -3.37. The van der Waals surface area contributed by atoms with E-state index in [-0.39, 0.29) is 28.1 Å². The van der Waals surface area contributed by atoms with Gasteiger partial charge in [0.25, 0.3) is 11.8 Å². The Morgan fingerprint density at radius 2 is 1.68 bits per heavy atom. The number of amides is 2. The number of carbonyl (C=O) groups excluding carboxylic acids is 2. The first-order valence-corrected chi connectivity index (χ1v) is 13.2. The lowest BCUT2D eigenvalue weighted by atomic mass is 9.89. The molecular weight excluding hydrogens is 529 g/mol. The smallest absolute Gasteiger partial charge is 0.255 e. The highest BCUT2D eigenvalue weighted by atomic mass is 19.1. The summed E-state index contributed by atoms with van der Waals surface area (Å²) >= 11 is 0. The monoisotopic (exact) mass is 558 g/mol. The number of hydrogen-bond acceptors (Lipinski definition) is 3. The highest BCUT2D eigenvalue weighted by molar-refractivity contribution is 6.01. The first-order valence-electron chi connectivity index (χ1n) is 13.2. The molecule has 0 radical (unpaired) electrons. The second kappa shape index (κ2) is 11.1. The number of halogens is 3. The Balaban J connectivity index is 1.50. The summed E-state index contributed by atoms with van der Waals surface area (Å²) in [7, 11) is 2.90. The molecular formula is C32H29F3N4O2. The molecule has 5 rings (SSSR count). The molecule has 0 spiro atoms. The molecule has 3 aromatic carbocycles. The summed E-state index contributed by atoms with van der Waals surface area (Å²) in [4.78, 5) is 26.2. The molecule has 1 fully saturated rings. The fourth-order valence-electron chi connectivity index (χ4n) is 5.20. The van der Waals surface area contributed by atoms with E-state index in [1.807, 2.05) is 30.3 Å². The van der Waals surface area contributed by atoms with Crippen LogP contribution in [0.5, 0.6) is 0 Å². The van der Waals surface area contributed by atoms with Crippen LogP contribution in [-0.2, 0) is 12.6 Å². The largest absolute Gasteiger partial charge is 0.355 e. The number of benzene rings is 3. The summed E-state index contributed by atoms with van der Waals surface area (Å²) < 4.78 is 46.1. The number of allylic oxidation sites excluding steroid dienone is 1. The molecule has 1 aromatic heterocycles. The lowest BCUT2D eigenvalue weighted by Crippen LogP contribution is -2.35. The fraction of sp³-hybridized carbons (Fsp3) is 0.219. The number of carbonyl (C=O) groups is 2. The lowest BCUT2D eigenvalue weighted by molar-refractivity contribution is 0.0928. The molecule has 2 unspecified atom stereocenters. The predicted molar refractivity (Wildman–Crippen MR) is 150 cm³/mol. The fourth-order valence-corrected chi connectivity index (χ4v) is 5.20. The molecule has 2 atom stereocenters. The van der Waals surface area contributed by atoms with Crippen molar-refractivity contribution < 1.29 is 22.8 Å². The lowest BCUT2D eigenvalue weighted by Gasteiger charge is -2.21. The van der Waals surface area contributed by atoms with E-state index in [9.17, 15) is 18.4 Å². The molecule has 6 nitrogen and oxygen atoms in total. The number of nitrogens with one attached hydrogen (secondary N) is 2. The van der Waals surface area contributed by atoms with E-state index >= 15 is 4.39 Å². The highest BCUT2D eigenvalue weighted by Gasteiger charge is 2.45. The zero-order valence-electron chi connectivity index (χ0n) is 22.6. The molecule has 2 amide bonds. The van der Waals surface area contributed by atoms with Gasteiger partial charge in [0.05, 0.1) is 16.8 Å². The maximum atomic E-state index is 16.5. The number of alkyl halides is 1. The van der Waals surface area contributed by atoms with Gasteiger partial charge in [0, 0.05) is 31.1 Å². The molecule has 0 aliphatic heterocycles. The van der Waals surface area contributed by atoms with E-state index in [0.29, 0.717) is 5.56 Å². The average Bonchev–Trinajstić information content (AvgIpc) is 3.67. The predicted octanol–water partition coefficient (Wildman–Crippen LogP) is 6.12. The van der Waals surface area contributed by atoms with Crippen molar-refractivity contribution in [3.8, 4) is 11.3 Å². The average molecular weight is 559 g/mol. The van der Waals surface area contributed by atoms with Gasteiger partial charge in [-0.2, -0.15) is 5.10 Å². The second-order valence-corrected chi connectivity index (χ2v) is 10.2. The molecule has 2 N–H and O–H groups in total. The van der Waals surface area contributed by atoms with Gasteiger partial charge in [-0.1, -0.05) is 36.4 Å². The van der Waals surface area contributed by atoms with Gasteiger partial charge in [0.1, 0.15) is 17.3 Å². The van der Waals surface area contributed by atoms with Crippen molar-refractivity contribution in [3.63, 3.8) is 0 Å². The quantitative estimate of drug-likeness (QED) is 0.243. The van der Waals surface area contributed by atoms with Crippen LogP contribution >= 0.6 is 0 Å². The van der Waals surface area contributed by atoms with Crippen LogP contribution in [0.25, 0.3) is 11.3 Å². The van der Waals surface area contributed by atoms with Crippen molar-refractivity contribution in [2.24, 2.45) is 7.05 Å². The van der Waals surface area contributed by atoms with Crippen molar-refractivity contribution in [3.05, 3.63) is 125 Å². The van der Waals surface area contributed by atoms with Gasteiger partial charge in [-0.15, -0.1) is 6.58 Å². The Hall–Kier alpha value is -4.66. The normalized spacial score (nSPS) is 15.0. The third-order valence-corrected chi connectivity index (χ3v) is 7.49. The van der Waals surface area contributed by atoms with Crippen molar-refractivity contribution in [2.45, 2.75) is 30.5 Å². The van der Waals surface area contributed by atoms with Crippen molar-refractivity contribution in [1.82, 2.24) is 20.4 Å². The standard InChI is InChI=1S/C32H29F3N4O2/c1-4-25(27(35)29-26(31(41)36-2)28(38-39(29)3)19-10-12-23(33)13-11-19)20-16-21(18-24(34)17-20)30(40)37-32(14-15-32)22-8-6-5-7-9-22/h4-13,16-18,25,27H,1,14-15H2,2-3H3,(H,36,41)(H,37,40). The van der Waals surface area contributed by atoms with Crippen LogP contribution in [-0.4, -0.2) is 28.6 Å². The second-order valence-electron chi connectivity index (χ2n) is 10.2. The van der Waals surface area contributed by atoms with Gasteiger partial charge in [0.15, 0.2) is 6.17 Å². The summed E-state index contributed by atoms with van der Waals surface area (Å²) in [6.45, 7) is 3.76.